The number of nitrogens with zero attached hydrogens (tertiary/aromatic N) is 1. The molecule has 0 spiro atoms. The minimum absolute atomic E-state index is 0.609. The molecule has 0 aromatic rings. The van der Waals surface area contributed by atoms with Crippen molar-refractivity contribution in [2.24, 2.45) is 0 Å². The highest BCUT2D eigenvalue weighted by molar-refractivity contribution is 7.48. The molecular formula is C16H36NO4P. The van der Waals surface area contributed by atoms with Crippen LogP contribution < -0.4 is 0 Å². The van der Waals surface area contributed by atoms with Crippen molar-refractivity contribution in [3.05, 3.63) is 0 Å². The number of hydrogen-bond donors (Lipinski definition) is 0. The molecule has 0 aliphatic rings. The Kier molecular flexibility index (Phi) is 9.42. The molecule has 0 saturated heterocycles. The SMILES string of the molecule is CCCCN(CCCC)OP(=O)(OC(C)(C)C)OC(C)(C)C. The van der Waals surface area contributed by atoms with E-state index in [1.807, 2.05) is 41.5 Å². The van der Waals surface area contributed by atoms with Gasteiger partial charge in [-0.2, -0.15) is 9.69 Å². The number of hydrogen-bond acceptors (Lipinski definition) is 5. The van der Waals surface area contributed by atoms with E-state index in [1.165, 1.54) is 0 Å². The molecule has 5 nitrogen and oxygen atoms in total. The van der Waals surface area contributed by atoms with Crippen molar-refractivity contribution < 1.29 is 18.2 Å². The third-order valence-electron chi connectivity index (χ3n) is 2.51. The van der Waals surface area contributed by atoms with E-state index in [4.69, 9.17) is 13.7 Å². The number of unbranched alkanes of at least 4 members (excludes halogenated alkanes) is 2. The van der Waals surface area contributed by atoms with Crippen molar-refractivity contribution in [2.45, 2.75) is 92.3 Å². The van der Waals surface area contributed by atoms with E-state index in [0.717, 1.165) is 38.8 Å². The normalized spacial score (nSPS) is 13.9. The molecule has 0 bridgehead atoms. The van der Waals surface area contributed by atoms with Crippen LogP contribution in [0, 0.1) is 0 Å². The first-order chi connectivity index (χ1) is 9.91. The first-order valence-corrected chi connectivity index (χ1v) is 9.83. The van der Waals surface area contributed by atoms with Gasteiger partial charge in [-0.05, 0) is 54.4 Å². The van der Waals surface area contributed by atoms with Gasteiger partial charge >= 0.3 is 7.82 Å². The minimum atomic E-state index is -3.67. The molecule has 22 heavy (non-hydrogen) atoms. The maximum Gasteiger partial charge on any atom is 0.492 e. The van der Waals surface area contributed by atoms with Crippen LogP contribution in [-0.2, 0) is 18.2 Å². The Morgan fingerprint density at radius 1 is 0.818 bits per heavy atom. The first kappa shape index (κ1) is 22.1. The predicted octanol–water partition coefficient (Wildman–Crippen LogP) is 5.56. The van der Waals surface area contributed by atoms with Crippen molar-refractivity contribution in [3.8, 4) is 0 Å². The van der Waals surface area contributed by atoms with E-state index in [0.29, 0.717) is 0 Å². The highest BCUT2D eigenvalue weighted by atomic mass is 31.2. The van der Waals surface area contributed by atoms with Crippen LogP contribution in [0.2, 0.25) is 0 Å². The topological polar surface area (TPSA) is 48.0 Å². The van der Waals surface area contributed by atoms with E-state index in [-0.39, 0.29) is 0 Å². The van der Waals surface area contributed by atoms with Gasteiger partial charge in [0, 0.05) is 13.1 Å². The van der Waals surface area contributed by atoms with Crippen LogP contribution in [0.4, 0.5) is 0 Å². The number of rotatable bonds is 10. The zero-order valence-electron chi connectivity index (χ0n) is 15.8. The van der Waals surface area contributed by atoms with E-state index >= 15 is 0 Å². The Morgan fingerprint density at radius 3 is 1.45 bits per heavy atom. The smallest absolute Gasteiger partial charge is 0.280 e. The average Bonchev–Trinajstić information content (AvgIpc) is 2.27. The molecular weight excluding hydrogens is 301 g/mol. The Bertz CT molecular complexity index is 319. The quantitative estimate of drug-likeness (QED) is 0.386. The van der Waals surface area contributed by atoms with Crippen LogP contribution in [0.3, 0.4) is 0 Å². The lowest BCUT2D eigenvalue weighted by Gasteiger charge is -2.33. The van der Waals surface area contributed by atoms with Gasteiger partial charge in [0.25, 0.3) is 0 Å². The number of hydroxylamine groups is 2. The van der Waals surface area contributed by atoms with Gasteiger partial charge in [0.15, 0.2) is 0 Å². The highest BCUT2D eigenvalue weighted by Gasteiger charge is 2.39. The van der Waals surface area contributed by atoms with Crippen LogP contribution in [0.25, 0.3) is 0 Å². The van der Waals surface area contributed by atoms with Gasteiger partial charge in [0.1, 0.15) is 0 Å². The van der Waals surface area contributed by atoms with Gasteiger partial charge in [0.05, 0.1) is 11.2 Å². The molecule has 0 atom stereocenters. The van der Waals surface area contributed by atoms with Gasteiger partial charge in [-0.1, -0.05) is 26.7 Å². The van der Waals surface area contributed by atoms with Crippen LogP contribution in [0.15, 0.2) is 0 Å². The second-order valence-corrected chi connectivity index (χ2v) is 9.00. The molecule has 6 heteroatoms. The van der Waals surface area contributed by atoms with Crippen molar-refractivity contribution in [2.75, 3.05) is 13.1 Å². The summed E-state index contributed by atoms with van der Waals surface area (Å²) < 4.78 is 30.1. The molecule has 0 rings (SSSR count). The minimum Gasteiger partial charge on any atom is -0.280 e. The van der Waals surface area contributed by atoms with Crippen LogP contribution in [-0.4, -0.2) is 29.4 Å². The molecule has 134 valence electrons. The maximum absolute atomic E-state index is 13.1. The highest BCUT2D eigenvalue weighted by Crippen LogP contribution is 2.56. The standard InChI is InChI=1S/C16H36NO4P/c1-9-11-13-17(14-12-10-2)21-22(18,19-15(3,4)5)20-16(6,7)8/h9-14H2,1-8H3. The summed E-state index contributed by atoms with van der Waals surface area (Å²) in [6.07, 6.45) is 4.07. The summed E-state index contributed by atoms with van der Waals surface area (Å²) in [5.41, 5.74) is -1.22. The Morgan fingerprint density at radius 2 is 1.18 bits per heavy atom. The summed E-state index contributed by atoms with van der Waals surface area (Å²) in [6, 6.07) is 0. The lowest BCUT2D eigenvalue weighted by molar-refractivity contribution is -0.116. The summed E-state index contributed by atoms with van der Waals surface area (Å²) in [4.78, 5) is 0. The largest absolute Gasteiger partial charge is 0.492 e. The average molecular weight is 337 g/mol. The Balaban J connectivity index is 5.07. The van der Waals surface area contributed by atoms with Crippen LogP contribution >= 0.6 is 7.82 Å². The second-order valence-electron chi connectivity index (χ2n) is 7.57. The fourth-order valence-electron chi connectivity index (χ4n) is 1.73. The summed E-state index contributed by atoms with van der Waals surface area (Å²) in [6.45, 7) is 16.8. The van der Waals surface area contributed by atoms with Gasteiger partial charge in [-0.25, -0.2) is 4.57 Å². The van der Waals surface area contributed by atoms with E-state index < -0.39 is 19.0 Å². The second kappa shape index (κ2) is 9.39. The third-order valence-corrected chi connectivity index (χ3v) is 4.48. The predicted molar refractivity (Wildman–Crippen MR) is 91.8 cm³/mol. The summed E-state index contributed by atoms with van der Waals surface area (Å²) >= 11 is 0. The van der Waals surface area contributed by atoms with Crippen molar-refractivity contribution in [3.63, 3.8) is 0 Å². The molecule has 0 amide bonds. The van der Waals surface area contributed by atoms with Crippen LogP contribution in [0.5, 0.6) is 0 Å². The molecule has 0 aliphatic heterocycles. The summed E-state index contributed by atoms with van der Waals surface area (Å²) in [5, 5.41) is 1.74. The fraction of sp³-hybridized carbons (Fsp3) is 1.00. The first-order valence-electron chi connectivity index (χ1n) is 8.37. The zero-order valence-corrected chi connectivity index (χ0v) is 16.7. The Hall–Kier alpha value is 0.0700. The molecule has 0 aromatic carbocycles. The van der Waals surface area contributed by atoms with Gasteiger partial charge in [0.2, 0.25) is 0 Å². The molecule has 0 heterocycles. The van der Waals surface area contributed by atoms with E-state index in [1.54, 1.807) is 5.06 Å². The monoisotopic (exact) mass is 337 g/mol. The van der Waals surface area contributed by atoms with Gasteiger partial charge in [-0.3, -0.25) is 9.05 Å². The van der Waals surface area contributed by atoms with Gasteiger partial charge in [-0.15, -0.1) is 0 Å². The molecule has 0 fully saturated rings. The molecule has 0 N–H and O–H groups in total. The fourth-order valence-corrected chi connectivity index (χ4v) is 3.62. The molecule has 0 unspecified atom stereocenters. The van der Waals surface area contributed by atoms with E-state index in [9.17, 15) is 4.57 Å². The number of phosphoric acid groups is 1. The van der Waals surface area contributed by atoms with Gasteiger partial charge < -0.3 is 0 Å². The number of phosphoric ester groups is 1. The zero-order chi connectivity index (χ0) is 17.4. The third kappa shape index (κ3) is 11.6. The maximum atomic E-state index is 13.1. The lowest BCUT2D eigenvalue weighted by atomic mass is 10.2. The van der Waals surface area contributed by atoms with E-state index in [2.05, 4.69) is 13.8 Å². The van der Waals surface area contributed by atoms with Crippen LogP contribution in [0.1, 0.15) is 81.1 Å². The Labute approximate surface area is 137 Å². The van der Waals surface area contributed by atoms with Crippen molar-refractivity contribution in [1.29, 1.82) is 0 Å². The van der Waals surface area contributed by atoms with Crippen molar-refractivity contribution in [1.82, 2.24) is 5.06 Å². The summed E-state index contributed by atoms with van der Waals surface area (Å²) in [7, 11) is -3.67. The molecule has 0 aliphatic carbocycles. The summed E-state index contributed by atoms with van der Waals surface area (Å²) in [5.74, 6) is 0. The molecule has 0 radical (unpaired) electrons. The molecule has 0 saturated carbocycles. The molecule has 0 aromatic heterocycles. The lowest BCUT2D eigenvalue weighted by Crippen LogP contribution is -2.31. The van der Waals surface area contributed by atoms with Crippen molar-refractivity contribution >= 4 is 7.82 Å².